The Morgan fingerprint density at radius 1 is 1.00 bits per heavy atom. The first-order chi connectivity index (χ1) is 18.2. The molecule has 0 radical (unpaired) electrons. The molecule has 2 aromatic carbocycles. The highest BCUT2D eigenvalue weighted by atomic mass is 32.2. The van der Waals surface area contributed by atoms with E-state index < -0.39 is 16.0 Å². The smallest absolute Gasteiger partial charge is 0.337 e. The van der Waals surface area contributed by atoms with Crippen molar-refractivity contribution in [2.24, 2.45) is 0 Å². The number of rotatable bonds is 7. The first-order valence-corrected chi connectivity index (χ1v) is 14.0. The zero-order valence-corrected chi connectivity index (χ0v) is 22.2. The lowest BCUT2D eigenvalue weighted by atomic mass is 10.0. The Kier molecular flexibility index (Phi) is 6.87. The zero-order valence-electron chi connectivity index (χ0n) is 20.6. The summed E-state index contributed by atoms with van der Waals surface area (Å²) in [4.78, 5) is 18.5. The standard InChI is InChI=1S/C27H25N5O4S2/c1-36-26(33)18-8-12-20(13-9-18)31-17-5-7-23(31)25-24(22-6-3-4-16-28-22)29-27(37)32(25)21-14-10-19(11-15-21)30-38(2,34)35/h3-17,24-25,30H,1-2H3,(H,29,37)/t24-,25+/m1/s1. The van der Waals surface area contributed by atoms with Gasteiger partial charge in [-0.05, 0) is 85.0 Å². The highest BCUT2D eigenvalue weighted by molar-refractivity contribution is 7.92. The number of methoxy groups -OCH3 is 1. The number of carbonyl (C=O) groups excluding carboxylic acids is 1. The maximum absolute atomic E-state index is 11.9. The van der Waals surface area contributed by atoms with Crippen molar-refractivity contribution in [3.63, 3.8) is 0 Å². The first-order valence-electron chi connectivity index (χ1n) is 11.7. The van der Waals surface area contributed by atoms with Gasteiger partial charge in [0.05, 0.1) is 30.7 Å². The first kappa shape index (κ1) is 25.4. The molecule has 2 aromatic heterocycles. The summed E-state index contributed by atoms with van der Waals surface area (Å²) in [5.41, 5.74) is 4.34. The Hall–Kier alpha value is -4.22. The quantitative estimate of drug-likeness (QED) is 0.262. The number of sulfonamides is 1. The molecule has 2 N–H and O–H groups in total. The number of aromatic nitrogens is 2. The number of pyridine rings is 1. The van der Waals surface area contributed by atoms with Gasteiger partial charge in [-0.1, -0.05) is 6.07 Å². The molecule has 11 heteroatoms. The number of anilines is 2. The van der Waals surface area contributed by atoms with Crippen LogP contribution in [0.3, 0.4) is 0 Å². The Balaban J connectivity index is 1.58. The van der Waals surface area contributed by atoms with E-state index in [0.29, 0.717) is 16.4 Å². The van der Waals surface area contributed by atoms with Crippen LogP contribution in [0.4, 0.5) is 11.4 Å². The molecule has 9 nitrogen and oxygen atoms in total. The fourth-order valence-corrected chi connectivity index (χ4v) is 5.49. The Morgan fingerprint density at radius 3 is 2.34 bits per heavy atom. The second kappa shape index (κ2) is 10.3. The summed E-state index contributed by atoms with van der Waals surface area (Å²) in [7, 11) is -2.05. The van der Waals surface area contributed by atoms with E-state index in [0.717, 1.165) is 29.0 Å². The van der Waals surface area contributed by atoms with Gasteiger partial charge in [0, 0.05) is 35.1 Å². The maximum Gasteiger partial charge on any atom is 0.337 e. The van der Waals surface area contributed by atoms with Gasteiger partial charge in [0.25, 0.3) is 0 Å². The summed E-state index contributed by atoms with van der Waals surface area (Å²) in [6, 6.07) is 23.4. The summed E-state index contributed by atoms with van der Waals surface area (Å²) < 4.78 is 32.7. The highest BCUT2D eigenvalue weighted by Gasteiger charge is 2.42. The average Bonchev–Trinajstić information content (AvgIpc) is 3.53. The van der Waals surface area contributed by atoms with Crippen molar-refractivity contribution in [3.05, 3.63) is 108 Å². The molecule has 38 heavy (non-hydrogen) atoms. The van der Waals surface area contributed by atoms with Gasteiger partial charge in [-0.3, -0.25) is 9.71 Å². The molecule has 4 aromatic rings. The number of hydrogen-bond donors (Lipinski definition) is 2. The summed E-state index contributed by atoms with van der Waals surface area (Å²) in [5, 5.41) is 3.95. The molecule has 194 valence electrons. The molecule has 1 fully saturated rings. The highest BCUT2D eigenvalue weighted by Crippen LogP contribution is 2.42. The van der Waals surface area contributed by atoms with Crippen LogP contribution in [0.25, 0.3) is 5.69 Å². The van der Waals surface area contributed by atoms with E-state index in [2.05, 4.69) is 15.0 Å². The molecule has 0 amide bonds. The maximum atomic E-state index is 11.9. The van der Waals surface area contributed by atoms with Crippen LogP contribution in [-0.2, 0) is 14.8 Å². The third kappa shape index (κ3) is 5.11. The molecule has 5 rings (SSSR count). The Bertz CT molecular complexity index is 1570. The minimum atomic E-state index is -3.40. The van der Waals surface area contributed by atoms with E-state index in [1.807, 2.05) is 70.3 Å². The molecule has 2 atom stereocenters. The lowest BCUT2D eigenvalue weighted by Gasteiger charge is -2.29. The van der Waals surface area contributed by atoms with Gasteiger partial charge >= 0.3 is 5.97 Å². The molecule has 3 heterocycles. The number of hydrogen-bond acceptors (Lipinski definition) is 6. The largest absolute Gasteiger partial charge is 0.465 e. The SMILES string of the molecule is COC(=O)c1ccc(-n2cccc2[C@H]2[C@@H](c3ccccn3)NC(=S)N2c2ccc(NS(C)(=O)=O)cc2)cc1. The van der Waals surface area contributed by atoms with Crippen molar-refractivity contribution in [2.75, 3.05) is 23.0 Å². The van der Waals surface area contributed by atoms with Gasteiger partial charge in [-0.2, -0.15) is 0 Å². The molecule has 0 saturated carbocycles. The Labute approximate surface area is 226 Å². The van der Waals surface area contributed by atoms with Gasteiger partial charge in [0.1, 0.15) is 6.04 Å². The van der Waals surface area contributed by atoms with Crippen LogP contribution in [0.15, 0.2) is 91.3 Å². The average molecular weight is 548 g/mol. The van der Waals surface area contributed by atoms with E-state index in [4.69, 9.17) is 17.0 Å². The number of esters is 1. The van der Waals surface area contributed by atoms with E-state index >= 15 is 0 Å². The topological polar surface area (TPSA) is 106 Å². The monoisotopic (exact) mass is 547 g/mol. The third-order valence-corrected chi connectivity index (χ3v) is 7.12. The second-order valence-electron chi connectivity index (χ2n) is 8.76. The molecular formula is C27H25N5O4S2. The third-order valence-electron chi connectivity index (χ3n) is 6.20. The van der Waals surface area contributed by atoms with Crippen LogP contribution in [0.2, 0.25) is 0 Å². The summed E-state index contributed by atoms with van der Waals surface area (Å²) >= 11 is 5.81. The number of nitrogens with one attached hydrogen (secondary N) is 2. The molecule has 0 aliphatic carbocycles. The molecule has 1 aliphatic heterocycles. The van der Waals surface area contributed by atoms with Crippen LogP contribution in [0.1, 0.15) is 33.8 Å². The second-order valence-corrected chi connectivity index (χ2v) is 10.9. The molecule has 0 bridgehead atoms. The summed E-state index contributed by atoms with van der Waals surface area (Å²) in [5.74, 6) is -0.398. The van der Waals surface area contributed by atoms with Gasteiger partial charge in [0.2, 0.25) is 10.0 Å². The predicted molar refractivity (Wildman–Crippen MR) is 150 cm³/mol. The molecule has 0 unspecified atom stereocenters. The summed E-state index contributed by atoms with van der Waals surface area (Å²) in [6.07, 6.45) is 4.81. The number of ether oxygens (including phenoxy) is 1. The predicted octanol–water partition coefficient (Wildman–Crippen LogP) is 4.21. The van der Waals surface area contributed by atoms with Crippen LogP contribution in [-0.4, -0.2) is 42.4 Å². The minimum absolute atomic E-state index is 0.263. The lowest BCUT2D eigenvalue weighted by Crippen LogP contribution is -2.30. The van der Waals surface area contributed by atoms with Crippen molar-refractivity contribution in [3.8, 4) is 5.69 Å². The van der Waals surface area contributed by atoms with E-state index in [1.54, 1.807) is 30.5 Å². The molecule has 1 saturated heterocycles. The number of thiocarbonyl (C=S) groups is 1. The van der Waals surface area contributed by atoms with E-state index in [-0.39, 0.29) is 12.1 Å². The van der Waals surface area contributed by atoms with Crippen molar-refractivity contribution in [1.29, 1.82) is 0 Å². The van der Waals surface area contributed by atoms with Crippen molar-refractivity contribution < 1.29 is 17.9 Å². The molecule has 1 aliphatic rings. The number of benzene rings is 2. The van der Waals surface area contributed by atoms with Crippen LogP contribution >= 0.6 is 12.2 Å². The summed E-state index contributed by atoms with van der Waals surface area (Å²) in [6.45, 7) is 0. The van der Waals surface area contributed by atoms with Crippen molar-refractivity contribution >= 4 is 44.7 Å². The van der Waals surface area contributed by atoms with Gasteiger partial charge < -0.3 is 19.5 Å². The van der Waals surface area contributed by atoms with Gasteiger partial charge in [-0.25, -0.2) is 13.2 Å². The van der Waals surface area contributed by atoms with Crippen molar-refractivity contribution in [2.45, 2.75) is 12.1 Å². The van der Waals surface area contributed by atoms with E-state index in [9.17, 15) is 13.2 Å². The fraction of sp³-hybridized carbons (Fsp3) is 0.148. The Morgan fingerprint density at radius 2 is 1.71 bits per heavy atom. The van der Waals surface area contributed by atoms with Crippen LogP contribution in [0.5, 0.6) is 0 Å². The number of nitrogens with zero attached hydrogens (tertiary/aromatic N) is 3. The van der Waals surface area contributed by atoms with Crippen LogP contribution in [0, 0.1) is 0 Å². The van der Waals surface area contributed by atoms with Crippen LogP contribution < -0.4 is 14.9 Å². The molecule has 0 spiro atoms. The normalized spacial score (nSPS) is 17.2. The van der Waals surface area contributed by atoms with Crippen molar-refractivity contribution in [1.82, 2.24) is 14.9 Å². The van der Waals surface area contributed by atoms with E-state index in [1.165, 1.54) is 7.11 Å². The fourth-order valence-electron chi connectivity index (χ4n) is 4.58. The molecular weight excluding hydrogens is 522 g/mol. The minimum Gasteiger partial charge on any atom is -0.465 e. The lowest BCUT2D eigenvalue weighted by molar-refractivity contribution is 0.0600. The number of carbonyl (C=O) groups is 1. The van der Waals surface area contributed by atoms with Gasteiger partial charge in [0.15, 0.2) is 5.11 Å². The van der Waals surface area contributed by atoms with Gasteiger partial charge in [-0.15, -0.1) is 0 Å². The zero-order chi connectivity index (χ0) is 26.9.